The topological polar surface area (TPSA) is 0 Å². The van der Waals surface area contributed by atoms with Gasteiger partial charge in [-0.15, -0.1) is 86.0 Å². The van der Waals surface area contributed by atoms with Crippen molar-refractivity contribution >= 4 is 21.5 Å². The summed E-state index contributed by atoms with van der Waals surface area (Å²) >= 11 is 0. The maximum Gasteiger partial charge on any atom is 3.00 e. The van der Waals surface area contributed by atoms with Crippen LogP contribution in [0.5, 0.6) is 0 Å². The van der Waals surface area contributed by atoms with E-state index in [2.05, 4.69) is 123 Å². The Labute approximate surface area is 295 Å². The van der Waals surface area contributed by atoms with E-state index in [0.29, 0.717) is 0 Å². The quantitative estimate of drug-likeness (QED) is 0.225. The van der Waals surface area contributed by atoms with Crippen LogP contribution >= 0.6 is 0 Å². The van der Waals surface area contributed by atoms with E-state index in [-0.39, 0.29) is 77.2 Å². The van der Waals surface area contributed by atoms with Gasteiger partial charge in [0.2, 0.25) is 0 Å². The Morgan fingerprint density at radius 2 is 0.900 bits per heavy atom. The van der Waals surface area contributed by atoms with E-state index in [0.717, 1.165) is 12.8 Å². The van der Waals surface area contributed by atoms with Crippen molar-refractivity contribution in [3.63, 3.8) is 0 Å². The molecule has 0 bridgehead atoms. The van der Waals surface area contributed by atoms with Crippen molar-refractivity contribution in [3.8, 4) is 0 Å². The van der Waals surface area contributed by atoms with E-state index in [4.69, 9.17) is 0 Å². The molecule has 2 radical (unpaired) electrons. The van der Waals surface area contributed by atoms with Crippen LogP contribution in [0, 0.1) is 25.0 Å². The van der Waals surface area contributed by atoms with Crippen molar-refractivity contribution < 1.29 is 77.2 Å². The number of hydrogen-bond donors (Lipinski definition) is 0. The van der Waals surface area contributed by atoms with Gasteiger partial charge < -0.3 is 37.7 Å². The minimum absolute atomic E-state index is 0. The Hall–Kier alpha value is -1.03. The summed E-state index contributed by atoms with van der Waals surface area (Å²) in [7, 11) is 0. The van der Waals surface area contributed by atoms with Crippen molar-refractivity contribution in [1.82, 2.24) is 0 Å². The normalized spacial score (nSPS) is 11.1. The molecule has 40 heavy (non-hydrogen) atoms. The largest absolute Gasteiger partial charge is 3.00 e. The first-order valence-corrected chi connectivity index (χ1v) is 12.7. The molecular formula is C36H42Cl2Zr2-2. The first-order chi connectivity index (χ1) is 17.5. The van der Waals surface area contributed by atoms with Crippen molar-refractivity contribution in [3.05, 3.63) is 145 Å². The molecule has 4 aromatic carbocycles. The minimum atomic E-state index is 0. The van der Waals surface area contributed by atoms with Gasteiger partial charge in [-0.25, -0.2) is 23.3 Å². The monoisotopic (exact) mass is 724 g/mol. The second-order valence-electron chi connectivity index (χ2n) is 8.47. The van der Waals surface area contributed by atoms with Crippen LogP contribution < -0.4 is 24.8 Å². The standard InChI is InChI=1S/2C9H7.2C6H7.2C3H7.2ClH.2Zr/c2*1-2-5-9-7-3-6-8(9)4-1;2*1-6-4-2-3-5-6;2*1-3-2;;;;/h2*1-7H;2*4-5H,2H2,1H3;2*3H,1-2H3;2*1H;;/q6*-1;;;2*+3/p-2. The first kappa shape index (κ1) is 45.9. The van der Waals surface area contributed by atoms with Crippen molar-refractivity contribution in [2.75, 3.05) is 0 Å². The van der Waals surface area contributed by atoms with Gasteiger partial charge in [0.1, 0.15) is 0 Å². The third-order valence-electron chi connectivity index (χ3n) is 4.84. The molecule has 0 fully saturated rings. The molecule has 0 unspecified atom stereocenters. The molecule has 2 aliphatic carbocycles. The zero-order valence-corrected chi connectivity index (χ0v) is 31.1. The fraction of sp³-hybridized carbons (Fsp3) is 0.222. The molecule has 2 aliphatic rings. The van der Waals surface area contributed by atoms with Crippen LogP contribution in [0.15, 0.2) is 120 Å². The van der Waals surface area contributed by atoms with Crippen molar-refractivity contribution in [2.24, 2.45) is 0 Å². The average molecular weight is 728 g/mol. The van der Waals surface area contributed by atoms with Gasteiger partial charge in [-0.1, -0.05) is 12.1 Å². The van der Waals surface area contributed by atoms with Crippen LogP contribution in [-0.4, -0.2) is 0 Å². The molecular weight excluding hydrogens is 686 g/mol. The molecule has 0 nitrogen and oxygen atoms in total. The Morgan fingerprint density at radius 1 is 0.575 bits per heavy atom. The third kappa shape index (κ3) is 21.7. The minimum Gasteiger partial charge on any atom is -1.00 e. The molecule has 4 aromatic rings. The van der Waals surface area contributed by atoms with E-state index in [1.807, 2.05) is 52.7 Å². The zero-order valence-electron chi connectivity index (χ0n) is 24.7. The summed E-state index contributed by atoms with van der Waals surface area (Å²) in [6.45, 7) is 12.2. The molecule has 0 heterocycles. The van der Waals surface area contributed by atoms with Gasteiger partial charge in [0.15, 0.2) is 0 Å². The molecule has 0 saturated heterocycles. The van der Waals surface area contributed by atoms with Gasteiger partial charge in [0, 0.05) is 0 Å². The summed E-state index contributed by atoms with van der Waals surface area (Å²) in [5.41, 5.74) is 2.69. The smallest absolute Gasteiger partial charge is 1.00 e. The number of hydrogen-bond acceptors (Lipinski definition) is 0. The molecule has 210 valence electrons. The van der Waals surface area contributed by atoms with E-state index in [9.17, 15) is 0 Å². The van der Waals surface area contributed by atoms with E-state index in [1.165, 1.54) is 32.7 Å². The maximum atomic E-state index is 3.05. The van der Waals surface area contributed by atoms with Gasteiger partial charge in [0.25, 0.3) is 0 Å². The second-order valence-corrected chi connectivity index (χ2v) is 8.47. The second kappa shape index (κ2) is 30.9. The average Bonchev–Trinajstić information content (AvgIpc) is 3.69. The molecule has 0 aliphatic heterocycles. The van der Waals surface area contributed by atoms with E-state index >= 15 is 0 Å². The predicted molar refractivity (Wildman–Crippen MR) is 163 cm³/mol. The van der Waals surface area contributed by atoms with Crippen LogP contribution in [0.25, 0.3) is 21.5 Å². The number of benzene rings is 2. The molecule has 0 spiro atoms. The Kier molecular flexibility index (Phi) is 35.5. The Bertz CT molecular complexity index is 1050. The molecule has 0 amide bonds. The molecule has 4 heteroatoms. The van der Waals surface area contributed by atoms with Gasteiger partial charge in [-0.05, 0) is 0 Å². The summed E-state index contributed by atoms with van der Waals surface area (Å²) in [5.74, 6) is 0. The number of halogens is 2. The van der Waals surface area contributed by atoms with Crippen LogP contribution in [-0.2, 0) is 52.4 Å². The van der Waals surface area contributed by atoms with Crippen molar-refractivity contribution in [2.45, 2.75) is 54.4 Å². The van der Waals surface area contributed by atoms with Gasteiger partial charge in [-0.3, -0.25) is 12.2 Å². The van der Waals surface area contributed by atoms with Gasteiger partial charge >= 0.3 is 52.4 Å². The molecule has 0 saturated carbocycles. The molecule has 6 rings (SSSR count). The summed E-state index contributed by atoms with van der Waals surface area (Å²) < 4.78 is 0. The van der Waals surface area contributed by atoms with Gasteiger partial charge in [0.05, 0.1) is 0 Å². The third-order valence-corrected chi connectivity index (χ3v) is 4.84. The summed E-state index contributed by atoms with van der Waals surface area (Å²) in [6, 6.07) is 29.3. The molecule has 0 atom stereocenters. The Morgan fingerprint density at radius 3 is 1.12 bits per heavy atom. The van der Waals surface area contributed by atoms with E-state index < -0.39 is 0 Å². The summed E-state index contributed by atoms with van der Waals surface area (Å²) in [5, 5.41) is 5.32. The molecule has 0 aromatic heterocycles. The maximum absolute atomic E-state index is 3.05. The number of fused-ring (bicyclic) bond motifs is 2. The number of rotatable bonds is 0. The van der Waals surface area contributed by atoms with Crippen molar-refractivity contribution in [1.29, 1.82) is 0 Å². The summed E-state index contributed by atoms with van der Waals surface area (Å²) in [6.07, 6.45) is 20.5. The SMILES string of the molecule is CC1=CC[C-]=C1.CC1=CC[C-]=C1.C[CH-]C.C[CH-]C.[Cl-].[Cl-].[Zr+3].[Zr+3].c1ccc2[cH-]ccc2c1.c1ccc2[cH-]ccc2c1. The predicted octanol–water partition coefficient (Wildman–Crippen LogP) is 4.97. The van der Waals surface area contributed by atoms with Gasteiger partial charge in [-0.2, -0.15) is 74.9 Å². The van der Waals surface area contributed by atoms with E-state index in [1.54, 1.807) is 0 Å². The fourth-order valence-corrected chi connectivity index (χ4v) is 3.14. The Balaban J connectivity index is -0.000000199. The first-order valence-electron chi connectivity index (χ1n) is 12.7. The zero-order chi connectivity index (χ0) is 26.4. The fourth-order valence-electron chi connectivity index (χ4n) is 3.14. The number of allylic oxidation sites excluding steroid dienone is 8. The summed E-state index contributed by atoms with van der Waals surface area (Å²) in [4.78, 5) is 0. The van der Waals surface area contributed by atoms with Crippen LogP contribution in [0.4, 0.5) is 0 Å². The molecule has 0 N–H and O–H groups in total. The van der Waals surface area contributed by atoms with Crippen LogP contribution in [0.3, 0.4) is 0 Å². The van der Waals surface area contributed by atoms with Crippen LogP contribution in [0.2, 0.25) is 0 Å². The van der Waals surface area contributed by atoms with Crippen LogP contribution in [0.1, 0.15) is 54.4 Å².